The van der Waals surface area contributed by atoms with Gasteiger partial charge in [-0.3, -0.25) is 4.90 Å². The van der Waals surface area contributed by atoms with Gasteiger partial charge in [0.15, 0.2) is 0 Å². The molecular weight excluding hydrogens is 354 g/mol. The Hall–Kier alpha value is -1.14. The zero-order valence-electron chi connectivity index (χ0n) is 18.4. The third-order valence-electron chi connectivity index (χ3n) is 5.68. The number of β-amino-alcohol motifs (C(OH)–C–C–N with tert-alkyl or cyclic N) is 1. The summed E-state index contributed by atoms with van der Waals surface area (Å²) in [5.41, 5.74) is 0.976. The van der Waals surface area contributed by atoms with Crippen molar-refractivity contribution < 1.29 is 19.7 Å². The maximum Gasteiger partial charge on any atom is 0.119 e. The van der Waals surface area contributed by atoms with E-state index in [2.05, 4.69) is 58.6 Å². The van der Waals surface area contributed by atoms with E-state index in [9.17, 15) is 10.2 Å². The maximum absolute atomic E-state index is 10.5. The molecule has 0 aromatic heterocycles. The first-order valence-electron chi connectivity index (χ1n) is 10.5. The molecule has 0 unspecified atom stereocenters. The Balaban J connectivity index is 1.71. The van der Waals surface area contributed by atoms with Gasteiger partial charge in [-0.05, 0) is 64.2 Å². The van der Waals surface area contributed by atoms with Gasteiger partial charge in [0.05, 0.1) is 25.4 Å². The number of ether oxygens (including phenoxy) is 2. The van der Waals surface area contributed by atoms with E-state index in [1.54, 1.807) is 0 Å². The van der Waals surface area contributed by atoms with E-state index >= 15 is 0 Å². The summed E-state index contributed by atoms with van der Waals surface area (Å²) in [6.45, 7) is 14.6. The van der Waals surface area contributed by atoms with Crippen molar-refractivity contribution in [2.45, 2.75) is 83.6 Å². The molecule has 2 rings (SSSR count). The van der Waals surface area contributed by atoms with Gasteiger partial charge in [0.2, 0.25) is 0 Å². The van der Waals surface area contributed by atoms with E-state index < -0.39 is 6.10 Å². The average Bonchev–Trinajstić information content (AvgIpc) is 2.57. The van der Waals surface area contributed by atoms with Gasteiger partial charge in [0.25, 0.3) is 0 Å². The summed E-state index contributed by atoms with van der Waals surface area (Å²) in [7, 11) is 0. The smallest absolute Gasteiger partial charge is 0.119 e. The normalized spacial score (nSPS) is 21.0. The van der Waals surface area contributed by atoms with E-state index in [-0.39, 0.29) is 23.8 Å². The summed E-state index contributed by atoms with van der Waals surface area (Å²) in [6.07, 6.45) is 0.571. The lowest BCUT2D eigenvalue weighted by atomic mass is 9.78. The molecule has 28 heavy (non-hydrogen) atoms. The molecule has 0 saturated carbocycles. The monoisotopic (exact) mass is 393 g/mol. The highest BCUT2D eigenvalue weighted by Crippen LogP contribution is 2.38. The molecule has 0 radical (unpaired) electrons. The third-order valence-corrected chi connectivity index (χ3v) is 5.68. The third kappa shape index (κ3) is 6.45. The van der Waals surface area contributed by atoms with Gasteiger partial charge >= 0.3 is 0 Å². The molecule has 1 aromatic rings. The predicted molar refractivity (Wildman–Crippen MR) is 113 cm³/mol. The van der Waals surface area contributed by atoms with Crippen LogP contribution in [0.15, 0.2) is 24.3 Å². The van der Waals surface area contributed by atoms with Crippen molar-refractivity contribution >= 4 is 0 Å². The molecule has 0 aliphatic carbocycles. The van der Waals surface area contributed by atoms with E-state index in [1.165, 1.54) is 5.56 Å². The van der Waals surface area contributed by atoms with Gasteiger partial charge in [0.1, 0.15) is 12.4 Å². The van der Waals surface area contributed by atoms with Crippen LogP contribution in [0.2, 0.25) is 0 Å². The minimum absolute atomic E-state index is 0.159. The van der Waals surface area contributed by atoms with E-state index in [0.717, 1.165) is 5.75 Å². The second-order valence-electron chi connectivity index (χ2n) is 9.60. The van der Waals surface area contributed by atoms with Crippen molar-refractivity contribution in [3.8, 4) is 5.75 Å². The van der Waals surface area contributed by atoms with Crippen molar-refractivity contribution in [3.05, 3.63) is 29.8 Å². The lowest BCUT2D eigenvalue weighted by Gasteiger charge is -2.55. The topological polar surface area (TPSA) is 62.2 Å². The fourth-order valence-electron chi connectivity index (χ4n) is 4.41. The summed E-state index contributed by atoms with van der Waals surface area (Å²) >= 11 is 0. The van der Waals surface area contributed by atoms with Crippen LogP contribution in [-0.2, 0) is 4.74 Å². The number of nitrogens with zero attached hydrogens (tertiary/aromatic N) is 1. The first-order chi connectivity index (χ1) is 13.0. The van der Waals surface area contributed by atoms with Crippen LogP contribution < -0.4 is 4.74 Å². The van der Waals surface area contributed by atoms with Crippen LogP contribution in [0, 0.1) is 0 Å². The van der Waals surface area contributed by atoms with Crippen LogP contribution in [0.25, 0.3) is 0 Å². The van der Waals surface area contributed by atoms with Crippen LogP contribution in [0.4, 0.5) is 0 Å². The standard InChI is InChI=1S/C23H39NO4/c1-17(2)18-7-9-21(10-8-18)28-12-11-27-16-20(26)15-24-22(3,4)13-19(25)14-23(24,5)6/h7-10,17,19-20,25-26H,11-16H2,1-6H3/t20-/m1/s1. The summed E-state index contributed by atoms with van der Waals surface area (Å²) in [6, 6.07) is 8.14. The SMILES string of the molecule is CC(C)c1ccc(OCCOC[C@H](O)CN2C(C)(C)CC(O)CC2(C)C)cc1. The molecule has 1 fully saturated rings. The molecular formula is C23H39NO4. The number of benzene rings is 1. The number of aliphatic hydroxyl groups is 2. The van der Waals surface area contributed by atoms with Crippen LogP contribution in [0.1, 0.15) is 65.9 Å². The molecule has 0 spiro atoms. The van der Waals surface area contributed by atoms with Gasteiger partial charge in [0, 0.05) is 17.6 Å². The molecule has 1 aromatic carbocycles. The van der Waals surface area contributed by atoms with E-state index in [1.807, 2.05) is 12.1 Å². The van der Waals surface area contributed by atoms with Gasteiger partial charge in [-0.15, -0.1) is 0 Å². The van der Waals surface area contributed by atoms with Gasteiger partial charge in [-0.2, -0.15) is 0 Å². The Morgan fingerprint density at radius 1 is 1.04 bits per heavy atom. The van der Waals surface area contributed by atoms with Crippen molar-refractivity contribution in [1.82, 2.24) is 4.90 Å². The van der Waals surface area contributed by atoms with Gasteiger partial charge in [-0.25, -0.2) is 0 Å². The molecule has 1 aliphatic heterocycles. The molecule has 160 valence electrons. The van der Waals surface area contributed by atoms with Crippen LogP contribution in [0.5, 0.6) is 5.75 Å². The Morgan fingerprint density at radius 3 is 2.14 bits per heavy atom. The van der Waals surface area contributed by atoms with E-state index in [4.69, 9.17) is 9.47 Å². The fourth-order valence-corrected chi connectivity index (χ4v) is 4.41. The summed E-state index contributed by atoms with van der Waals surface area (Å²) in [5.74, 6) is 1.35. The van der Waals surface area contributed by atoms with Gasteiger partial charge in [-0.1, -0.05) is 26.0 Å². The molecule has 2 N–H and O–H groups in total. The Labute approximate surface area is 170 Å². The minimum Gasteiger partial charge on any atom is -0.491 e. The Bertz CT molecular complexity index is 579. The van der Waals surface area contributed by atoms with Crippen LogP contribution in [0.3, 0.4) is 0 Å². The lowest BCUT2D eigenvalue weighted by Crippen LogP contribution is -2.63. The number of rotatable bonds is 9. The predicted octanol–water partition coefficient (Wildman–Crippen LogP) is 3.58. The minimum atomic E-state index is -0.570. The van der Waals surface area contributed by atoms with Crippen molar-refractivity contribution in [1.29, 1.82) is 0 Å². The van der Waals surface area contributed by atoms with Crippen molar-refractivity contribution in [3.63, 3.8) is 0 Å². The maximum atomic E-state index is 10.5. The first-order valence-corrected chi connectivity index (χ1v) is 10.5. The zero-order valence-corrected chi connectivity index (χ0v) is 18.4. The van der Waals surface area contributed by atoms with E-state index in [0.29, 0.717) is 38.5 Å². The molecule has 1 atom stereocenters. The number of hydrogen-bond acceptors (Lipinski definition) is 5. The Morgan fingerprint density at radius 2 is 1.61 bits per heavy atom. The fraction of sp³-hybridized carbons (Fsp3) is 0.739. The second-order valence-corrected chi connectivity index (χ2v) is 9.60. The number of likely N-dealkylation sites (tertiary alicyclic amines) is 1. The number of aliphatic hydroxyl groups excluding tert-OH is 2. The average molecular weight is 394 g/mol. The van der Waals surface area contributed by atoms with Crippen LogP contribution >= 0.6 is 0 Å². The lowest BCUT2D eigenvalue weighted by molar-refractivity contribution is -0.105. The van der Waals surface area contributed by atoms with Crippen LogP contribution in [-0.4, -0.2) is 64.8 Å². The first kappa shape index (κ1) is 23.1. The summed E-state index contributed by atoms with van der Waals surface area (Å²) in [4.78, 5) is 2.30. The highest BCUT2D eigenvalue weighted by Gasteiger charge is 2.45. The molecule has 0 bridgehead atoms. The molecule has 5 nitrogen and oxygen atoms in total. The Kier molecular flexibility index (Phi) is 7.91. The number of hydrogen-bond donors (Lipinski definition) is 2. The molecule has 5 heteroatoms. The zero-order chi connectivity index (χ0) is 20.9. The molecule has 1 aliphatic rings. The summed E-state index contributed by atoms with van der Waals surface area (Å²) in [5, 5.41) is 20.6. The molecule has 0 amide bonds. The van der Waals surface area contributed by atoms with Gasteiger partial charge < -0.3 is 19.7 Å². The molecule has 1 saturated heterocycles. The quantitative estimate of drug-likeness (QED) is 0.628. The van der Waals surface area contributed by atoms with Crippen molar-refractivity contribution in [2.75, 3.05) is 26.4 Å². The van der Waals surface area contributed by atoms with Crippen molar-refractivity contribution in [2.24, 2.45) is 0 Å². The molecule has 1 heterocycles. The second kappa shape index (κ2) is 9.57. The largest absolute Gasteiger partial charge is 0.491 e. The number of piperidine rings is 1. The highest BCUT2D eigenvalue weighted by atomic mass is 16.5. The summed E-state index contributed by atoms with van der Waals surface area (Å²) < 4.78 is 11.3. The highest BCUT2D eigenvalue weighted by molar-refractivity contribution is 5.28.